The van der Waals surface area contributed by atoms with Gasteiger partial charge in [-0.05, 0) is 183 Å². The average Bonchev–Trinajstić information content (AvgIpc) is 3.23. The minimum Gasteiger partial charge on any atom is -0.520 e. The summed E-state index contributed by atoms with van der Waals surface area (Å²) in [6.45, 7) is 37.7. The third-order valence-electron chi connectivity index (χ3n) is 12.8. The Hall–Kier alpha value is 0.218. The summed E-state index contributed by atoms with van der Waals surface area (Å²) in [5, 5.41) is 0. The van der Waals surface area contributed by atoms with Gasteiger partial charge in [0, 0.05) is 12.2 Å². The molecule has 0 spiro atoms. The van der Waals surface area contributed by atoms with Crippen molar-refractivity contribution < 1.29 is 22.5 Å². The summed E-state index contributed by atoms with van der Waals surface area (Å²) in [7, 11) is -7.04. The van der Waals surface area contributed by atoms with Gasteiger partial charge >= 0.3 is 0 Å². The fourth-order valence-electron chi connectivity index (χ4n) is 11.1. The van der Waals surface area contributed by atoms with E-state index in [9.17, 15) is 4.79 Å². The molecular weight excluding hydrogens is 649 g/mol. The summed E-state index contributed by atoms with van der Waals surface area (Å²) in [6.07, 6.45) is 11.7. The first-order valence-electron chi connectivity index (χ1n) is 19.5. The topological polar surface area (TPSA) is 54.0 Å². The zero-order valence-electron chi connectivity index (χ0n) is 33.7. The Balaban J connectivity index is 1.66. The van der Waals surface area contributed by atoms with Gasteiger partial charge in [0.15, 0.2) is 25.0 Å². The van der Waals surface area contributed by atoms with Crippen LogP contribution in [-0.2, 0) is 22.5 Å². The third kappa shape index (κ3) is 9.37. The molecule has 4 rings (SSSR count). The zero-order valence-corrected chi connectivity index (χ0v) is 37.7. The van der Waals surface area contributed by atoms with Crippen LogP contribution < -0.4 is 0 Å². The van der Waals surface area contributed by atoms with E-state index in [0.717, 1.165) is 12.8 Å². The first-order valence-corrected chi connectivity index (χ1v) is 33.1. The van der Waals surface area contributed by atoms with E-state index in [1.807, 2.05) is 0 Å². The maximum Gasteiger partial charge on any atom is 0.295 e. The minimum atomic E-state index is -1.88. The summed E-state index contributed by atoms with van der Waals surface area (Å²) >= 11 is 0. The lowest BCUT2D eigenvalue weighted by Gasteiger charge is -2.66. The van der Waals surface area contributed by atoms with Gasteiger partial charge in [-0.2, -0.15) is 0 Å². The number of fused-ring (bicyclic) bond motifs is 5. The molecule has 9 unspecified atom stereocenters. The summed E-state index contributed by atoms with van der Waals surface area (Å²) in [5.41, 5.74) is 0.451. The predicted octanol–water partition coefficient (Wildman–Crippen LogP) is 11.0. The molecule has 12 atom stereocenters. The Bertz CT molecular complexity index is 1090. The number of hydrogen-bond donors (Lipinski definition) is 0. The second kappa shape index (κ2) is 14.0. The molecule has 0 N–H and O–H groups in total. The van der Waals surface area contributed by atoms with Gasteiger partial charge in [-0.15, -0.1) is 0 Å². The third-order valence-corrected chi connectivity index (χ3v) is 16.7. The Kier molecular flexibility index (Phi) is 11.9. The molecule has 0 bridgehead atoms. The lowest BCUT2D eigenvalue weighted by atomic mass is 9.43. The molecule has 0 aromatic heterocycles. The SMILES string of the molecule is CC(CCC(C)C1CCC2C3C(O[Si](C)(C)C)C[C@@H]4C[C@H](O[Si](C)(C)C)CCC4(C)C3C[C@H](O[Si](C)(C)C)C12C)C(=O)O[Si](C)(C)C. The molecule has 9 heteroatoms. The van der Waals surface area contributed by atoms with Crippen LogP contribution >= 0.6 is 0 Å². The monoisotopic (exact) mass is 724 g/mol. The molecular formula is C38H76O5Si4. The molecule has 4 aliphatic rings. The first kappa shape index (κ1) is 40.0. The van der Waals surface area contributed by atoms with Gasteiger partial charge in [0.05, 0.1) is 12.0 Å². The normalized spacial score (nSPS) is 39.4. The molecule has 0 saturated heterocycles. The molecule has 5 nitrogen and oxygen atoms in total. The van der Waals surface area contributed by atoms with Crippen LogP contribution in [0.2, 0.25) is 78.6 Å². The van der Waals surface area contributed by atoms with E-state index in [-0.39, 0.29) is 17.3 Å². The standard InChI is InChI=1S/C38H76O5Si4/c1-26(17-18-27(2)36(39)43-47(14,15)16)30-19-20-31-35-32(25-34(38(30,31)4)42-46(11,12)13)37(3)22-21-29(40-44(5,6)7)23-28(37)24-33(35)41-45(8,9)10/h26-35H,17-25H2,1-16H3/t26?,27?,28-,29+,30?,31?,32?,33?,34-,35?,37?,38?/m0/s1. The lowest BCUT2D eigenvalue weighted by molar-refractivity contribution is -0.199. The maximum atomic E-state index is 12.9. The van der Waals surface area contributed by atoms with Crippen molar-refractivity contribution in [3.63, 3.8) is 0 Å². The van der Waals surface area contributed by atoms with Crippen LogP contribution in [0, 0.1) is 52.3 Å². The molecule has 47 heavy (non-hydrogen) atoms. The van der Waals surface area contributed by atoms with E-state index < -0.39 is 33.3 Å². The summed E-state index contributed by atoms with van der Waals surface area (Å²) < 4.78 is 27.4. The Morgan fingerprint density at radius 1 is 0.702 bits per heavy atom. The van der Waals surface area contributed by atoms with Crippen molar-refractivity contribution in [2.75, 3.05) is 0 Å². The van der Waals surface area contributed by atoms with Crippen molar-refractivity contribution in [1.82, 2.24) is 0 Å². The van der Waals surface area contributed by atoms with Crippen LogP contribution in [0.15, 0.2) is 0 Å². The highest BCUT2D eigenvalue weighted by Gasteiger charge is 2.67. The quantitative estimate of drug-likeness (QED) is 0.188. The van der Waals surface area contributed by atoms with Crippen molar-refractivity contribution >= 4 is 39.2 Å². The fraction of sp³-hybridized carbons (Fsp3) is 0.974. The van der Waals surface area contributed by atoms with E-state index in [0.29, 0.717) is 59.2 Å². The van der Waals surface area contributed by atoms with Gasteiger partial charge in [0.25, 0.3) is 5.97 Å². The van der Waals surface area contributed by atoms with Gasteiger partial charge in [0.2, 0.25) is 8.32 Å². The van der Waals surface area contributed by atoms with E-state index in [1.165, 1.54) is 44.9 Å². The molecule has 4 aliphatic carbocycles. The summed E-state index contributed by atoms with van der Waals surface area (Å²) in [6, 6.07) is 0. The van der Waals surface area contributed by atoms with Crippen LogP contribution in [0.5, 0.6) is 0 Å². The molecule has 0 heterocycles. The van der Waals surface area contributed by atoms with Gasteiger partial charge in [-0.3, -0.25) is 4.79 Å². The van der Waals surface area contributed by atoms with E-state index in [1.54, 1.807) is 0 Å². The molecule has 0 aliphatic heterocycles. The second-order valence-corrected chi connectivity index (χ2v) is 38.9. The molecule has 274 valence electrons. The van der Waals surface area contributed by atoms with Gasteiger partial charge in [-0.1, -0.05) is 27.7 Å². The van der Waals surface area contributed by atoms with Crippen LogP contribution in [0.1, 0.15) is 85.5 Å². The highest BCUT2D eigenvalue weighted by Crippen LogP contribution is 2.69. The van der Waals surface area contributed by atoms with Crippen molar-refractivity contribution in [3.8, 4) is 0 Å². The second-order valence-electron chi connectivity index (χ2n) is 21.1. The molecule has 4 fully saturated rings. The Morgan fingerprint density at radius 3 is 1.85 bits per heavy atom. The van der Waals surface area contributed by atoms with Crippen LogP contribution in [-0.4, -0.2) is 57.6 Å². The zero-order chi connectivity index (χ0) is 35.5. The van der Waals surface area contributed by atoms with E-state index >= 15 is 0 Å². The average molecular weight is 725 g/mol. The van der Waals surface area contributed by atoms with Crippen LogP contribution in [0.3, 0.4) is 0 Å². The predicted molar refractivity (Wildman–Crippen MR) is 208 cm³/mol. The van der Waals surface area contributed by atoms with Crippen molar-refractivity contribution in [1.29, 1.82) is 0 Å². The Labute approximate surface area is 295 Å². The molecule has 0 amide bonds. The van der Waals surface area contributed by atoms with Gasteiger partial charge < -0.3 is 17.7 Å². The molecule has 4 saturated carbocycles. The van der Waals surface area contributed by atoms with Crippen molar-refractivity contribution in [3.05, 3.63) is 0 Å². The smallest absolute Gasteiger partial charge is 0.295 e. The molecule has 0 aromatic carbocycles. The molecule has 0 aromatic rings. The maximum absolute atomic E-state index is 12.9. The number of hydrogen-bond acceptors (Lipinski definition) is 5. The van der Waals surface area contributed by atoms with Crippen molar-refractivity contribution in [2.45, 2.75) is 182 Å². The lowest BCUT2D eigenvalue weighted by Crippen LogP contribution is -2.64. The van der Waals surface area contributed by atoms with Gasteiger partial charge in [0.1, 0.15) is 0 Å². The van der Waals surface area contributed by atoms with E-state index in [4.69, 9.17) is 17.7 Å². The summed E-state index contributed by atoms with van der Waals surface area (Å²) in [5.74, 6) is 3.65. The first-order chi connectivity index (χ1) is 21.2. The fourth-order valence-corrected chi connectivity index (χ4v) is 15.5. The van der Waals surface area contributed by atoms with Crippen molar-refractivity contribution in [2.24, 2.45) is 52.3 Å². The van der Waals surface area contributed by atoms with Crippen LogP contribution in [0.25, 0.3) is 0 Å². The number of carbonyl (C=O) groups excluding carboxylic acids is 1. The number of rotatable bonds is 12. The Morgan fingerprint density at radius 2 is 1.30 bits per heavy atom. The van der Waals surface area contributed by atoms with E-state index in [2.05, 4.69) is 106 Å². The highest BCUT2D eigenvalue weighted by molar-refractivity contribution is 6.71. The number of carbonyl (C=O) groups is 1. The molecule has 0 radical (unpaired) electrons. The van der Waals surface area contributed by atoms with Gasteiger partial charge in [-0.25, -0.2) is 0 Å². The minimum absolute atomic E-state index is 0.00799. The highest BCUT2D eigenvalue weighted by atomic mass is 28.4. The van der Waals surface area contributed by atoms with Crippen LogP contribution in [0.4, 0.5) is 0 Å². The largest absolute Gasteiger partial charge is 0.520 e. The summed E-state index contributed by atoms with van der Waals surface area (Å²) in [4.78, 5) is 12.9.